The maximum atomic E-state index is 12.4. The molecular weight excluding hydrogens is 308 g/mol. The molecule has 3 rings (SSSR count). The Kier molecular flexibility index (Phi) is 3.97. The highest BCUT2D eigenvalue weighted by molar-refractivity contribution is 6.09. The van der Waals surface area contributed by atoms with Gasteiger partial charge in [-0.05, 0) is 43.4 Å². The number of carbonyl (C=O) groups excluding carboxylic acids is 3. The van der Waals surface area contributed by atoms with Crippen LogP contribution in [-0.2, 0) is 16.1 Å². The summed E-state index contributed by atoms with van der Waals surface area (Å²) in [5.41, 5.74) is 0.414. The second-order valence-electron chi connectivity index (χ2n) is 6.39. The van der Waals surface area contributed by atoms with Gasteiger partial charge in [-0.25, -0.2) is 4.79 Å². The maximum absolute atomic E-state index is 12.4. The fourth-order valence-electron chi connectivity index (χ4n) is 2.95. The molecule has 124 valence electrons. The van der Waals surface area contributed by atoms with Crippen LogP contribution in [0.15, 0.2) is 24.3 Å². The molecule has 0 spiro atoms. The molecule has 2 N–H and O–H groups in total. The summed E-state index contributed by atoms with van der Waals surface area (Å²) in [4.78, 5) is 37.5. The molecule has 1 heterocycles. The summed E-state index contributed by atoms with van der Waals surface area (Å²) >= 11 is 0. The maximum Gasteiger partial charge on any atom is 0.325 e. The van der Waals surface area contributed by atoms with Gasteiger partial charge < -0.3 is 10.6 Å². The van der Waals surface area contributed by atoms with Crippen LogP contribution in [0.1, 0.15) is 30.9 Å². The van der Waals surface area contributed by atoms with E-state index in [1.807, 2.05) is 6.07 Å². The number of hydrogen-bond donors (Lipinski definition) is 2. The lowest BCUT2D eigenvalue weighted by Gasteiger charge is -2.20. The second kappa shape index (κ2) is 5.96. The fraction of sp³-hybridized carbons (Fsp3) is 0.412. The van der Waals surface area contributed by atoms with E-state index in [0.29, 0.717) is 5.56 Å². The number of hydrogen-bond acceptors (Lipinski definition) is 4. The van der Waals surface area contributed by atoms with Crippen LogP contribution >= 0.6 is 0 Å². The van der Waals surface area contributed by atoms with Gasteiger partial charge in [-0.15, -0.1) is 0 Å². The van der Waals surface area contributed by atoms with E-state index in [1.165, 1.54) is 0 Å². The average Bonchev–Trinajstić information content (AvgIpc) is 3.39. The normalized spacial score (nSPS) is 22.9. The summed E-state index contributed by atoms with van der Waals surface area (Å²) in [5.74, 6) is -0.590. The molecule has 0 bridgehead atoms. The first-order valence-corrected chi connectivity index (χ1v) is 7.84. The number of urea groups is 1. The van der Waals surface area contributed by atoms with Crippen LogP contribution in [0.25, 0.3) is 0 Å². The average molecular weight is 326 g/mol. The summed E-state index contributed by atoms with van der Waals surface area (Å²) in [5, 5.41) is 14.2. The van der Waals surface area contributed by atoms with Crippen molar-refractivity contribution in [1.82, 2.24) is 15.5 Å². The van der Waals surface area contributed by atoms with Crippen molar-refractivity contribution in [1.29, 1.82) is 5.26 Å². The molecule has 7 heteroatoms. The van der Waals surface area contributed by atoms with E-state index in [4.69, 9.17) is 5.26 Å². The SMILES string of the molecule is CC1(C2CC2)NC(=O)N(CC(=O)NCc2cccc(C#N)c2)C1=O. The first-order valence-electron chi connectivity index (χ1n) is 7.84. The molecule has 0 aromatic heterocycles. The highest BCUT2D eigenvalue weighted by Crippen LogP contribution is 2.42. The van der Waals surface area contributed by atoms with Crippen molar-refractivity contribution >= 4 is 17.8 Å². The van der Waals surface area contributed by atoms with Crippen molar-refractivity contribution in [3.8, 4) is 6.07 Å². The van der Waals surface area contributed by atoms with Gasteiger partial charge in [0.05, 0.1) is 11.6 Å². The van der Waals surface area contributed by atoms with Crippen molar-refractivity contribution in [2.24, 2.45) is 5.92 Å². The van der Waals surface area contributed by atoms with Gasteiger partial charge in [0.2, 0.25) is 5.91 Å². The van der Waals surface area contributed by atoms with Gasteiger partial charge in [-0.3, -0.25) is 14.5 Å². The van der Waals surface area contributed by atoms with E-state index in [2.05, 4.69) is 10.6 Å². The van der Waals surface area contributed by atoms with Gasteiger partial charge in [0.25, 0.3) is 5.91 Å². The molecule has 7 nitrogen and oxygen atoms in total. The van der Waals surface area contributed by atoms with Crippen LogP contribution < -0.4 is 10.6 Å². The van der Waals surface area contributed by atoms with Crippen LogP contribution in [0.4, 0.5) is 4.79 Å². The molecule has 0 radical (unpaired) electrons. The van der Waals surface area contributed by atoms with Crippen molar-refractivity contribution in [2.45, 2.75) is 31.8 Å². The van der Waals surface area contributed by atoms with Gasteiger partial charge in [-0.2, -0.15) is 5.26 Å². The summed E-state index contributed by atoms with van der Waals surface area (Å²) in [6.07, 6.45) is 1.83. The number of nitrogens with one attached hydrogen (secondary N) is 2. The molecule has 1 atom stereocenters. The van der Waals surface area contributed by atoms with Crippen molar-refractivity contribution in [3.05, 3.63) is 35.4 Å². The minimum absolute atomic E-state index is 0.163. The lowest BCUT2D eigenvalue weighted by molar-refractivity contribution is -0.135. The molecule has 4 amide bonds. The molecular formula is C17H18N4O3. The third-order valence-corrected chi connectivity index (χ3v) is 4.54. The largest absolute Gasteiger partial charge is 0.350 e. The lowest BCUT2D eigenvalue weighted by Crippen LogP contribution is -2.46. The standard InChI is InChI=1S/C17H18N4O3/c1-17(13-5-6-13)15(23)21(16(24)20-17)10-14(22)19-9-12-4-2-3-11(7-12)8-18/h2-4,7,13H,5-6,9-10H2,1H3,(H,19,22)(H,20,24). The Morgan fingerprint density at radius 1 is 1.46 bits per heavy atom. The topological polar surface area (TPSA) is 102 Å². The van der Waals surface area contributed by atoms with Crippen LogP contribution in [-0.4, -0.2) is 34.8 Å². The molecule has 24 heavy (non-hydrogen) atoms. The summed E-state index contributed by atoms with van der Waals surface area (Å²) in [6, 6.07) is 8.40. The Balaban J connectivity index is 1.58. The zero-order chi connectivity index (χ0) is 17.3. The van der Waals surface area contributed by atoms with Gasteiger partial charge in [0.1, 0.15) is 12.1 Å². The highest BCUT2D eigenvalue weighted by Gasteiger charge is 2.56. The third kappa shape index (κ3) is 2.95. The van der Waals surface area contributed by atoms with E-state index >= 15 is 0 Å². The van der Waals surface area contributed by atoms with E-state index in [9.17, 15) is 14.4 Å². The van der Waals surface area contributed by atoms with Gasteiger partial charge in [0, 0.05) is 6.54 Å². The van der Waals surface area contributed by atoms with Crippen LogP contribution in [0.2, 0.25) is 0 Å². The Hall–Kier alpha value is -2.88. The lowest BCUT2D eigenvalue weighted by atomic mass is 9.96. The zero-order valence-electron chi connectivity index (χ0n) is 13.3. The molecule has 1 aliphatic carbocycles. The third-order valence-electron chi connectivity index (χ3n) is 4.54. The summed E-state index contributed by atoms with van der Waals surface area (Å²) < 4.78 is 0. The van der Waals surface area contributed by atoms with Crippen molar-refractivity contribution < 1.29 is 14.4 Å². The summed E-state index contributed by atoms with van der Waals surface area (Å²) in [6.45, 7) is 1.65. The Labute approximate surface area is 139 Å². The first kappa shape index (κ1) is 16.0. The predicted octanol–water partition coefficient (Wildman–Crippen LogP) is 0.895. The molecule has 1 unspecified atom stereocenters. The number of nitriles is 1. The van der Waals surface area contributed by atoms with Crippen LogP contribution in [0.5, 0.6) is 0 Å². The quantitative estimate of drug-likeness (QED) is 0.785. The first-order chi connectivity index (χ1) is 11.4. The van der Waals surface area contributed by atoms with E-state index in [1.54, 1.807) is 31.2 Å². The number of rotatable bonds is 5. The fourth-order valence-corrected chi connectivity index (χ4v) is 2.95. The Morgan fingerprint density at radius 2 is 2.21 bits per heavy atom. The van der Waals surface area contributed by atoms with Crippen molar-refractivity contribution in [3.63, 3.8) is 0 Å². The smallest absolute Gasteiger partial charge is 0.325 e. The predicted molar refractivity (Wildman–Crippen MR) is 84.4 cm³/mol. The highest BCUT2D eigenvalue weighted by atomic mass is 16.2. The number of amides is 4. The molecule has 2 fully saturated rings. The molecule has 1 saturated carbocycles. The second-order valence-corrected chi connectivity index (χ2v) is 6.39. The minimum Gasteiger partial charge on any atom is -0.350 e. The molecule has 1 saturated heterocycles. The monoisotopic (exact) mass is 326 g/mol. The molecule has 1 aromatic carbocycles. The number of imide groups is 1. The Morgan fingerprint density at radius 3 is 2.88 bits per heavy atom. The van der Waals surface area contributed by atoms with E-state index in [0.717, 1.165) is 23.3 Å². The summed E-state index contributed by atoms with van der Waals surface area (Å²) in [7, 11) is 0. The number of nitrogens with zero attached hydrogens (tertiary/aromatic N) is 2. The molecule has 1 aromatic rings. The minimum atomic E-state index is -0.876. The van der Waals surface area contributed by atoms with E-state index < -0.39 is 17.5 Å². The number of carbonyl (C=O) groups is 3. The van der Waals surface area contributed by atoms with E-state index in [-0.39, 0.29) is 24.9 Å². The zero-order valence-corrected chi connectivity index (χ0v) is 13.3. The van der Waals surface area contributed by atoms with Gasteiger partial charge in [-0.1, -0.05) is 12.1 Å². The van der Waals surface area contributed by atoms with Crippen LogP contribution in [0, 0.1) is 17.2 Å². The van der Waals surface area contributed by atoms with Gasteiger partial charge >= 0.3 is 6.03 Å². The van der Waals surface area contributed by atoms with Crippen LogP contribution in [0.3, 0.4) is 0 Å². The molecule has 1 aliphatic heterocycles. The van der Waals surface area contributed by atoms with Gasteiger partial charge in [0.15, 0.2) is 0 Å². The Bertz CT molecular complexity index is 750. The molecule has 2 aliphatic rings. The number of benzene rings is 1. The van der Waals surface area contributed by atoms with Crippen molar-refractivity contribution in [2.75, 3.05) is 6.54 Å².